The first-order valence-corrected chi connectivity index (χ1v) is 6.54. The lowest BCUT2D eigenvalue weighted by atomic mass is 10.0. The maximum absolute atomic E-state index is 11.1. The van der Waals surface area contributed by atoms with Gasteiger partial charge in [-0.15, -0.1) is 0 Å². The second-order valence-corrected chi connectivity index (χ2v) is 5.39. The summed E-state index contributed by atoms with van der Waals surface area (Å²) < 4.78 is 0. The van der Waals surface area contributed by atoms with Crippen LogP contribution < -0.4 is 10.6 Å². The average Bonchev–Trinajstić information content (AvgIpc) is 2.66. The van der Waals surface area contributed by atoms with Crippen LogP contribution in [0.1, 0.15) is 32.6 Å². The zero-order valence-corrected chi connectivity index (χ0v) is 9.40. The van der Waals surface area contributed by atoms with Gasteiger partial charge in [0.2, 0.25) is 0 Å². The van der Waals surface area contributed by atoms with Gasteiger partial charge >= 0.3 is 6.03 Å². The Kier molecular flexibility index (Phi) is 3.21. The molecule has 2 saturated heterocycles. The number of hydrogen-bond donors (Lipinski definition) is 2. The molecule has 14 heavy (non-hydrogen) atoms. The molecule has 0 radical (unpaired) electrons. The molecule has 0 bridgehead atoms. The number of thioether (sulfide) groups is 1. The third-order valence-corrected chi connectivity index (χ3v) is 4.54. The number of hydrogen-bond acceptors (Lipinski definition) is 2. The van der Waals surface area contributed by atoms with Gasteiger partial charge < -0.3 is 10.6 Å². The fourth-order valence-corrected chi connectivity index (χ4v) is 3.78. The Morgan fingerprint density at radius 1 is 1.43 bits per heavy atom. The van der Waals surface area contributed by atoms with E-state index in [1.54, 1.807) is 0 Å². The molecule has 3 nitrogen and oxygen atoms in total. The lowest BCUT2D eigenvalue weighted by molar-refractivity contribution is 0.247. The van der Waals surface area contributed by atoms with Crippen molar-refractivity contribution in [3.63, 3.8) is 0 Å². The highest BCUT2D eigenvalue weighted by molar-refractivity contribution is 8.00. The van der Waals surface area contributed by atoms with E-state index >= 15 is 0 Å². The fourth-order valence-electron chi connectivity index (χ4n) is 2.24. The van der Waals surface area contributed by atoms with E-state index in [9.17, 15) is 4.79 Å². The Bertz CT molecular complexity index is 222. The van der Waals surface area contributed by atoms with Crippen molar-refractivity contribution in [1.29, 1.82) is 0 Å². The average molecular weight is 214 g/mol. The summed E-state index contributed by atoms with van der Waals surface area (Å²) in [6.45, 7) is 2.23. The van der Waals surface area contributed by atoms with E-state index in [4.69, 9.17) is 0 Å². The highest BCUT2D eigenvalue weighted by Gasteiger charge is 2.42. The van der Waals surface area contributed by atoms with Gasteiger partial charge in [-0.05, 0) is 6.42 Å². The topological polar surface area (TPSA) is 41.1 Å². The van der Waals surface area contributed by atoms with Crippen LogP contribution in [0, 0.1) is 0 Å². The minimum Gasteiger partial charge on any atom is -0.332 e. The molecule has 2 aliphatic rings. The van der Waals surface area contributed by atoms with Crippen molar-refractivity contribution >= 4 is 17.8 Å². The van der Waals surface area contributed by atoms with Crippen molar-refractivity contribution in [1.82, 2.24) is 10.6 Å². The molecule has 2 aliphatic heterocycles. The summed E-state index contributed by atoms with van der Waals surface area (Å²) in [6, 6.07) is 0.810. The Morgan fingerprint density at radius 3 is 3.07 bits per heavy atom. The van der Waals surface area contributed by atoms with Crippen LogP contribution in [0.3, 0.4) is 0 Å². The third kappa shape index (κ3) is 2.00. The number of rotatable bonds is 4. The van der Waals surface area contributed by atoms with E-state index in [1.165, 1.54) is 25.7 Å². The predicted octanol–water partition coefficient (Wildman–Crippen LogP) is 1.73. The Labute approximate surface area is 89.4 Å². The summed E-state index contributed by atoms with van der Waals surface area (Å²) in [5.41, 5.74) is 0. The second kappa shape index (κ2) is 4.43. The van der Waals surface area contributed by atoms with Crippen molar-refractivity contribution in [3.05, 3.63) is 0 Å². The Hall–Kier alpha value is -0.380. The van der Waals surface area contributed by atoms with Gasteiger partial charge in [-0.1, -0.05) is 26.2 Å². The summed E-state index contributed by atoms with van der Waals surface area (Å²) in [4.78, 5) is 11.1. The lowest BCUT2D eigenvalue weighted by Crippen LogP contribution is -2.36. The predicted molar refractivity (Wildman–Crippen MR) is 59.6 cm³/mol. The van der Waals surface area contributed by atoms with Crippen LogP contribution in [0.25, 0.3) is 0 Å². The molecule has 2 amide bonds. The number of carbonyl (C=O) groups excluding carboxylic acids is 1. The SMILES string of the molecule is CCCCC[C@@H]1SC[C@@H]2NC(=O)N[C@@H]21. The molecular formula is C10H18N2OS. The number of carbonyl (C=O) groups is 1. The minimum absolute atomic E-state index is 0.0285. The highest BCUT2D eigenvalue weighted by atomic mass is 32.2. The summed E-state index contributed by atoms with van der Waals surface area (Å²) in [6.07, 6.45) is 5.14. The molecule has 2 N–H and O–H groups in total. The van der Waals surface area contributed by atoms with Gasteiger partial charge in [-0.25, -0.2) is 4.79 Å². The maximum atomic E-state index is 11.1. The summed E-state index contributed by atoms with van der Waals surface area (Å²) in [5, 5.41) is 6.63. The number of nitrogens with one attached hydrogen (secondary N) is 2. The van der Waals surface area contributed by atoms with E-state index in [0.717, 1.165) is 5.75 Å². The van der Waals surface area contributed by atoms with Gasteiger partial charge in [0, 0.05) is 11.0 Å². The summed E-state index contributed by atoms with van der Waals surface area (Å²) >= 11 is 2.01. The van der Waals surface area contributed by atoms with Crippen molar-refractivity contribution in [3.8, 4) is 0 Å². The van der Waals surface area contributed by atoms with Crippen LogP contribution in [0.5, 0.6) is 0 Å². The number of fused-ring (bicyclic) bond motifs is 1. The molecule has 0 saturated carbocycles. The van der Waals surface area contributed by atoms with Crippen molar-refractivity contribution in [2.45, 2.75) is 49.9 Å². The van der Waals surface area contributed by atoms with Crippen molar-refractivity contribution < 1.29 is 4.79 Å². The quantitative estimate of drug-likeness (QED) is 0.553. The second-order valence-electron chi connectivity index (χ2n) is 4.12. The van der Waals surface area contributed by atoms with Crippen LogP contribution in [-0.2, 0) is 0 Å². The van der Waals surface area contributed by atoms with Crippen molar-refractivity contribution in [2.75, 3.05) is 5.75 Å². The molecule has 0 aromatic rings. The fraction of sp³-hybridized carbons (Fsp3) is 0.900. The van der Waals surface area contributed by atoms with Gasteiger partial charge in [0.05, 0.1) is 12.1 Å². The van der Waals surface area contributed by atoms with Crippen LogP contribution in [0.15, 0.2) is 0 Å². The number of amides is 2. The van der Waals surface area contributed by atoms with E-state index in [0.29, 0.717) is 17.3 Å². The highest BCUT2D eigenvalue weighted by Crippen LogP contribution is 2.33. The molecule has 2 fully saturated rings. The molecular weight excluding hydrogens is 196 g/mol. The number of urea groups is 1. The van der Waals surface area contributed by atoms with E-state index in [1.807, 2.05) is 11.8 Å². The van der Waals surface area contributed by atoms with Crippen LogP contribution in [-0.4, -0.2) is 29.1 Å². The molecule has 2 heterocycles. The first-order valence-electron chi connectivity index (χ1n) is 5.50. The molecule has 3 atom stereocenters. The minimum atomic E-state index is 0.0285. The Morgan fingerprint density at radius 2 is 2.29 bits per heavy atom. The maximum Gasteiger partial charge on any atom is 0.315 e. The van der Waals surface area contributed by atoms with Crippen LogP contribution in [0.2, 0.25) is 0 Å². The molecule has 0 unspecified atom stereocenters. The zero-order chi connectivity index (χ0) is 9.97. The molecule has 0 aromatic heterocycles. The van der Waals surface area contributed by atoms with Crippen molar-refractivity contribution in [2.24, 2.45) is 0 Å². The standard InChI is InChI=1S/C10H18N2OS/c1-2-3-4-5-8-9-7(6-14-8)11-10(13)12-9/h7-9H,2-6H2,1H3,(H2,11,12,13)/t7-,8-,9-/m0/s1. The van der Waals surface area contributed by atoms with E-state index in [2.05, 4.69) is 17.6 Å². The van der Waals surface area contributed by atoms with Crippen LogP contribution in [0.4, 0.5) is 4.79 Å². The third-order valence-electron chi connectivity index (χ3n) is 3.03. The smallest absolute Gasteiger partial charge is 0.315 e. The summed E-state index contributed by atoms with van der Waals surface area (Å²) in [5.74, 6) is 1.08. The van der Waals surface area contributed by atoms with Gasteiger partial charge in [-0.2, -0.15) is 11.8 Å². The normalized spacial score (nSPS) is 35.2. The molecule has 4 heteroatoms. The largest absolute Gasteiger partial charge is 0.332 e. The molecule has 80 valence electrons. The molecule has 0 aliphatic carbocycles. The molecule has 0 aromatic carbocycles. The van der Waals surface area contributed by atoms with Gasteiger partial charge in [-0.3, -0.25) is 0 Å². The monoisotopic (exact) mass is 214 g/mol. The van der Waals surface area contributed by atoms with Gasteiger partial charge in [0.15, 0.2) is 0 Å². The Balaban J connectivity index is 1.80. The first kappa shape index (κ1) is 10.1. The zero-order valence-electron chi connectivity index (χ0n) is 8.58. The first-order chi connectivity index (χ1) is 6.81. The number of unbranched alkanes of at least 4 members (excludes halogenated alkanes) is 2. The summed E-state index contributed by atoms with van der Waals surface area (Å²) in [7, 11) is 0. The van der Waals surface area contributed by atoms with Gasteiger partial charge in [0.25, 0.3) is 0 Å². The molecule has 2 rings (SSSR count). The van der Waals surface area contributed by atoms with E-state index < -0.39 is 0 Å². The van der Waals surface area contributed by atoms with Gasteiger partial charge in [0.1, 0.15) is 0 Å². The molecule has 0 spiro atoms. The van der Waals surface area contributed by atoms with Crippen LogP contribution >= 0.6 is 11.8 Å². The lowest BCUT2D eigenvalue weighted by Gasteiger charge is -2.16. The van der Waals surface area contributed by atoms with E-state index in [-0.39, 0.29) is 6.03 Å².